The van der Waals surface area contributed by atoms with E-state index in [1.807, 2.05) is 0 Å². The molecule has 0 spiro atoms. The summed E-state index contributed by atoms with van der Waals surface area (Å²) in [5, 5.41) is 2.51. The molecule has 3 rings (SSSR count). The Morgan fingerprint density at radius 3 is 2.50 bits per heavy atom. The molecular formula is C21H23F3N4O4. The SMILES string of the molecule is COc1c([C@H]2[C@@H](C(=O)Nc3ccnc(C(N)=O)c3)O[C@@](C)(C(F)(F)F)[C@@H]2C)ccnc1C. The van der Waals surface area contributed by atoms with Crippen LogP contribution in [0.2, 0.25) is 0 Å². The molecule has 0 aliphatic carbocycles. The highest BCUT2D eigenvalue weighted by Gasteiger charge is 2.65. The zero-order valence-corrected chi connectivity index (χ0v) is 17.9. The molecule has 8 nitrogen and oxygen atoms in total. The molecule has 0 bridgehead atoms. The number of ether oxygens (including phenoxy) is 2. The van der Waals surface area contributed by atoms with Gasteiger partial charge >= 0.3 is 6.18 Å². The molecule has 2 aromatic heterocycles. The summed E-state index contributed by atoms with van der Waals surface area (Å²) in [6, 6.07) is 4.14. The van der Waals surface area contributed by atoms with Crippen molar-refractivity contribution in [2.75, 3.05) is 12.4 Å². The molecule has 32 heavy (non-hydrogen) atoms. The number of aryl methyl sites for hydroxylation is 1. The molecule has 4 atom stereocenters. The lowest BCUT2D eigenvalue weighted by atomic mass is 9.77. The highest BCUT2D eigenvalue weighted by Crippen LogP contribution is 2.54. The van der Waals surface area contributed by atoms with E-state index in [0.717, 1.165) is 6.92 Å². The molecule has 3 N–H and O–H groups in total. The van der Waals surface area contributed by atoms with Crippen molar-refractivity contribution in [3.05, 3.63) is 47.5 Å². The number of anilines is 1. The van der Waals surface area contributed by atoms with Gasteiger partial charge in [-0.25, -0.2) is 0 Å². The zero-order valence-electron chi connectivity index (χ0n) is 17.9. The summed E-state index contributed by atoms with van der Waals surface area (Å²) < 4.78 is 52.8. The van der Waals surface area contributed by atoms with E-state index in [4.69, 9.17) is 15.2 Å². The van der Waals surface area contributed by atoms with E-state index in [-0.39, 0.29) is 17.1 Å². The number of methoxy groups -OCH3 is 1. The van der Waals surface area contributed by atoms with Crippen molar-refractivity contribution in [3.63, 3.8) is 0 Å². The number of carbonyl (C=O) groups excluding carboxylic acids is 2. The van der Waals surface area contributed by atoms with Crippen molar-refractivity contribution in [1.82, 2.24) is 9.97 Å². The van der Waals surface area contributed by atoms with Crippen LogP contribution in [0.3, 0.4) is 0 Å². The second-order valence-electron chi connectivity index (χ2n) is 7.76. The normalized spacial score (nSPS) is 25.4. The Hall–Kier alpha value is -3.21. The maximum absolute atomic E-state index is 14.0. The van der Waals surface area contributed by atoms with E-state index < -0.39 is 41.5 Å². The third-order valence-corrected chi connectivity index (χ3v) is 5.88. The summed E-state index contributed by atoms with van der Waals surface area (Å²) in [5.74, 6) is -3.46. The number of pyridine rings is 2. The zero-order chi connectivity index (χ0) is 23.8. The van der Waals surface area contributed by atoms with Crippen LogP contribution in [0.5, 0.6) is 5.75 Å². The van der Waals surface area contributed by atoms with E-state index in [1.54, 1.807) is 6.92 Å². The van der Waals surface area contributed by atoms with Crippen LogP contribution in [0.4, 0.5) is 18.9 Å². The summed E-state index contributed by atoms with van der Waals surface area (Å²) in [6.45, 7) is 3.97. The Morgan fingerprint density at radius 2 is 1.91 bits per heavy atom. The maximum atomic E-state index is 14.0. The first-order chi connectivity index (χ1) is 14.9. The van der Waals surface area contributed by atoms with Gasteiger partial charge in [0.25, 0.3) is 11.8 Å². The molecule has 1 aliphatic rings. The van der Waals surface area contributed by atoms with Gasteiger partial charge in [0.05, 0.1) is 12.8 Å². The number of halogens is 3. The van der Waals surface area contributed by atoms with Crippen LogP contribution in [0.25, 0.3) is 0 Å². The van der Waals surface area contributed by atoms with Crippen LogP contribution in [-0.4, -0.2) is 46.8 Å². The molecule has 2 aromatic rings. The first-order valence-electron chi connectivity index (χ1n) is 9.71. The highest BCUT2D eigenvalue weighted by molar-refractivity contribution is 5.97. The van der Waals surface area contributed by atoms with Gasteiger partial charge in [0, 0.05) is 35.5 Å². The molecule has 172 valence electrons. The van der Waals surface area contributed by atoms with Gasteiger partial charge in [0.15, 0.2) is 5.60 Å². The predicted octanol–water partition coefficient (Wildman–Crippen LogP) is 2.97. The van der Waals surface area contributed by atoms with Crippen molar-refractivity contribution < 1.29 is 32.2 Å². The molecule has 1 aliphatic heterocycles. The minimum Gasteiger partial charge on any atom is -0.495 e. The lowest BCUT2D eigenvalue weighted by Gasteiger charge is -2.32. The summed E-state index contributed by atoms with van der Waals surface area (Å²) in [5.41, 5.74) is 3.51. The van der Waals surface area contributed by atoms with Gasteiger partial charge in [0.2, 0.25) is 0 Å². The van der Waals surface area contributed by atoms with E-state index in [2.05, 4.69) is 15.3 Å². The molecule has 3 heterocycles. The molecule has 0 saturated carbocycles. The summed E-state index contributed by atoms with van der Waals surface area (Å²) in [4.78, 5) is 32.4. The number of nitrogens with zero attached hydrogens (tertiary/aromatic N) is 2. The number of hydrogen-bond donors (Lipinski definition) is 2. The lowest BCUT2D eigenvalue weighted by molar-refractivity contribution is -0.272. The lowest BCUT2D eigenvalue weighted by Crippen LogP contribution is -2.47. The minimum absolute atomic E-state index is 0.105. The van der Waals surface area contributed by atoms with Gasteiger partial charge in [-0.05, 0) is 32.0 Å². The van der Waals surface area contributed by atoms with Crippen molar-refractivity contribution >= 4 is 17.5 Å². The summed E-state index contributed by atoms with van der Waals surface area (Å²) in [7, 11) is 1.38. The first kappa shape index (κ1) is 23.5. The highest BCUT2D eigenvalue weighted by atomic mass is 19.4. The third-order valence-electron chi connectivity index (χ3n) is 5.88. The molecule has 1 saturated heterocycles. The van der Waals surface area contributed by atoms with Crippen LogP contribution in [0.15, 0.2) is 30.6 Å². The van der Waals surface area contributed by atoms with Gasteiger partial charge in [0.1, 0.15) is 17.5 Å². The average Bonchev–Trinajstić information content (AvgIpc) is 3.00. The summed E-state index contributed by atoms with van der Waals surface area (Å²) in [6.07, 6.45) is -3.54. The molecule has 1 fully saturated rings. The number of nitrogens with two attached hydrogens (primary N) is 1. The molecule has 0 aromatic carbocycles. The number of primary amides is 1. The number of amides is 2. The Labute approximate surface area is 182 Å². The third kappa shape index (κ3) is 3.99. The second kappa shape index (κ2) is 8.38. The number of hydrogen-bond acceptors (Lipinski definition) is 6. The average molecular weight is 452 g/mol. The molecule has 11 heteroatoms. The van der Waals surface area contributed by atoms with Gasteiger partial charge in [-0.2, -0.15) is 13.2 Å². The number of alkyl halides is 3. The van der Waals surface area contributed by atoms with E-state index in [9.17, 15) is 22.8 Å². The predicted molar refractivity (Wildman–Crippen MR) is 108 cm³/mol. The first-order valence-corrected chi connectivity index (χ1v) is 9.71. The molecular weight excluding hydrogens is 429 g/mol. The van der Waals surface area contributed by atoms with Crippen molar-refractivity contribution in [1.29, 1.82) is 0 Å². The monoisotopic (exact) mass is 452 g/mol. The molecule has 0 radical (unpaired) electrons. The van der Waals surface area contributed by atoms with Crippen LogP contribution < -0.4 is 15.8 Å². The van der Waals surface area contributed by atoms with Gasteiger partial charge in [-0.3, -0.25) is 19.6 Å². The van der Waals surface area contributed by atoms with E-state index in [1.165, 1.54) is 44.6 Å². The fourth-order valence-corrected chi connectivity index (χ4v) is 3.98. The van der Waals surface area contributed by atoms with Crippen molar-refractivity contribution in [3.8, 4) is 5.75 Å². The quantitative estimate of drug-likeness (QED) is 0.721. The minimum atomic E-state index is -4.73. The fourth-order valence-electron chi connectivity index (χ4n) is 3.98. The van der Waals surface area contributed by atoms with Crippen LogP contribution in [0.1, 0.15) is 41.5 Å². The van der Waals surface area contributed by atoms with Gasteiger partial charge in [-0.15, -0.1) is 0 Å². The topological polar surface area (TPSA) is 116 Å². The Kier molecular flexibility index (Phi) is 6.14. The van der Waals surface area contributed by atoms with E-state index in [0.29, 0.717) is 11.3 Å². The molecule has 2 amide bonds. The smallest absolute Gasteiger partial charge is 0.417 e. The number of rotatable bonds is 5. The van der Waals surface area contributed by atoms with Crippen LogP contribution in [-0.2, 0) is 9.53 Å². The summed E-state index contributed by atoms with van der Waals surface area (Å²) >= 11 is 0. The standard InChI is InChI=1S/C21H23F3N4O4/c1-10-15(13-6-8-26-11(2)16(13)31-4)17(32-20(10,3)21(22,23)24)19(30)28-12-5-7-27-14(9-12)18(25)29/h5-10,15,17H,1-4H3,(H2,25,29)(H,27,28,30)/t10-,15+,17+,20-/m1/s1. The fraction of sp³-hybridized carbons (Fsp3) is 0.429. The van der Waals surface area contributed by atoms with Crippen LogP contribution >= 0.6 is 0 Å². The largest absolute Gasteiger partial charge is 0.495 e. The van der Waals surface area contributed by atoms with Gasteiger partial charge in [-0.1, -0.05) is 6.92 Å². The van der Waals surface area contributed by atoms with Crippen molar-refractivity contribution in [2.24, 2.45) is 11.7 Å². The Bertz CT molecular complexity index is 1050. The number of nitrogens with one attached hydrogen (secondary N) is 1. The maximum Gasteiger partial charge on any atom is 0.417 e. The van der Waals surface area contributed by atoms with Crippen LogP contribution in [0, 0.1) is 12.8 Å². The van der Waals surface area contributed by atoms with Gasteiger partial charge < -0.3 is 20.5 Å². The van der Waals surface area contributed by atoms with Crippen molar-refractivity contribution in [2.45, 2.75) is 44.6 Å². The second-order valence-corrected chi connectivity index (χ2v) is 7.76. The Morgan fingerprint density at radius 1 is 1.25 bits per heavy atom. The number of aromatic nitrogens is 2. The molecule has 0 unspecified atom stereocenters. The number of carbonyl (C=O) groups is 2. The van der Waals surface area contributed by atoms with E-state index >= 15 is 0 Å². The Balaban J connectivity index is 2.05.